The fourth-order valence-corrected chi connectivity index (χ4v) is 1.64. The summed E-state index contributed by atoms with van der Waals surface area (Å²) in [5.74, 6) is 0.394. The molecular weight excluding hydrogens is 128 g/mol. The van der Waals surface area contributed by atoms with Crippen LogP contribution in [0.1, 0.15) is 25.7 Å². The molecule has 1 aliphatic carbocycles. The maximum atomic E-state index is 10.4. The predicted molar refractivity (Wildman–Crippen MR) is 38.6 cm³/mol. The van der Waals surface area contributed by atoms with Gasteiger partial charge in [-0.3, -0.25) is 0 Å². The van der Waals surface area contributed by atoms with E-state index in [4.69, 9.17) is 5.11 Å². The zero-order chi connectivity index (χ0) is 7.40. The Hall–Kier alpha value is -0.370. The van der Waals surface area contributed by atoms with Crippen molar-refractivity contribution in [2.75, 3.05) is 6.61 Å². The maximum Gasteiger partial charge on any atom is 0.123 e. The summed E-state index contributed by atoms with van der Waals surface area (Å²) in [5.41, 5.74) is 0. The van der Waals surface area contributed by atoms with Gasteiger partial charge in [0, 0.05) is 12.5 Å². The highest BCUT2D eigenvalue weighted by Crippen LogP contribution is 2.27. The molecule has 0 saturated heterocycles. The van der Waals surface area contributed by atoms with Crippen LogP contribution in [0.5, 0.6) is 0 Å². The van der Waals surface area contributed by atoms with E-state index in [0.717, 1.165) is 25.5 Å². The highest BCUT2D eigenvalue weighted by molar-refractivity contribution is 5.54. The fourth-order valence-electron chi connectivity index (χ4n) is 1.64. The van der Waals surface area contributed by atoms with Crippen molar-refractivity contribution in [2.45, 2.75) is 25.7 Å². The average molecular weight is 142 g/mol. The standard InChI is InChI=1S/C8H14O2/c9-5-7-3-1-2-4-8(7)6-10/h5,7-8,10H,1-4,6H2/t7?,8-/m0/s1. The minimum absolute atomic E-state index is 0.138. The van der Waals surface area contributed by atoms with Gasteiger partial charge in [-0.2, -0.15) is 0 Å². The first-order chi connectivity index (χ1) is 4.88. The summed E-state index contributed by atoms with van der Waals surface area (Å²) >= 11 is 0. The number of aldehydes is 1. The summed E-state index contributed by atoms with van der Waals surface area (Å²) in [6.07, 6.45) is 5.34. The van der Waals surface area contributed by atoms with Gasteiger partial charge in [-0.1, -0.05) is 12.8 Å². The summed E-state index contributed by atoms with van der Waals surface area (Å²) in [5, 5.41) is 8.83. The van der Waals surface area contributed by atoms with Gasteiger partial charge in [-0.15, -0.1) is 0 Å². The Kier molecular flexibility index (Phi) is 2.87. The van der Waals surface area contributed by atoms with Crippen molar-refractivity contribution in [3.8, 4) is 0 Å². The van der Waals surface area contributed by atoms with E-state index >= 15 is 0 Å². The van der Waals surface area contributed by atoms with Gasteiger partial charge in [0.15, 0.2) is 0 Å². The lowest BCUT2D eigenvalue weighted by Crippen LogP contribution is -2.23. The third-order valence-electron chi connectivity index (χ3n) is 2.38. The van der Waals surface area contributed by atoms with Crippen molar-refractivity contribution in [3.63, 3.8) is 0 Å². The molecule has 0 bridgehead atoms. The van der Waals surface area contributed by atoms with Crippen LogP contribution in [0.3, 0.4) is 0 Å². The second kappa shape index (κ2) is 3.71. The zero-order valence-corrected chi connectivity index (χ0v) is 6.12. The molecule has 0 amide bonds. The van der Waals surface area contributed by atoms with Gasteiger partial charge < -0.3 is 9.90 Å². The molecule has 2 nitrogen and oxygen atoms in total. The minimum atomic E-state index is 0.138. The SMILES string of the molecule is O=CC1CCCC[C@H]1CO. The van der Waals surface area contributed by atoms with Gasteiger partial charge in [-0.05, 0) is 18.8 Å². The predicted octanol–water partition coefficient (Wildman–Crippen LogP) is 0.984. The highest BCUT2D eigenvalue weighted by atomic mass is 16.3. The highest BCUT2D eigenvalue weighted by Gasteiger charge is 2.23. The van der Waals surface area contributed by atoms with Crippen LogP contribution in [0.4, 0.5) is 0 Å². The Bertz CT molecular complexity index is 112. The molecule has 1 N–H and O–H groups in total. The summed E-state index contributed by atoms with van der Waals surface area (Å²) in [6, 6.07) is 0. The van der Waals surface area contributed by atoms with Crippen LogP contribution in [0.25, 0.3) is 0 Å². The Morgan fingerprint density at radius 1 is 1.40 bits per heavy atom. The summed E-state index contributed by atoms with van der Waals surface area (Å²) in [7, 11) is 0. The molecule has 0 aromatic carbocycles. The number of aliphatic hydroxyl groups excluding tert-OH is 1. The molecule has 1 aliphatic rings. The van der Waals surface area contributed by atoms with Crippen LogP contribution in [0, 0.1) is 11.8 Å². The third-order valence-corrected chi connectivity index (χ3v) is 2.38. The molecule has 1 rings (SSSR count). The first-order valence-corrected chi connectivity index (χ1v) is 3.94. The van der Waals surface area contributed by atoms with E-state index in [1.165, 1.54) is 6.42 Å². The average Bonchev–Trinajstić information content (AvgIpc) is 2.04. The second-order valence-electron chi connectivity index (χ2n) is 3.03. The molecule has 0 aromatic rings. The number of carbonyl (C=O) groups excluding carboxylic acids is 1. The first-order valence-electron chi connectivity index (χ1n) is 3.94. The van der Waals surface area contributed by atoms with Crippen LogP contribution in [0.15, 0.2) is 0 Å². The molecule has 1 saturated carbocycles. The van der Waals surface area contributed by atoms with E-state index in [1.807, 2.05) is 0 Å². The van der Waals surface area contributed by atoms with Crippen molar-refractivity contribution in [1.82, 2.24) is 0 Å². The van der Waals surface area contributed by atoms with Crippen LogP contribution in [-0.2, 0) is 4.79 Å². The van der Waals surface area contributed by atoms with Crippen molar-refractivity contribution in [2.24, 2.45) is 11.8 Å². The molecule has 1 fully saturated rings. The van der Waals surface area contributed by atoms with E-state index in [1.54, 1.807) is 0 Å². The fraction of sp³-hybridized carbons (Fsp3) is 0.875. The van der Waals surface area contributed by atoms with Gasteiger partial charge in [0.05, 0.1) is 0 Å². The Morgan fingerprint density at radius 3 is 2.60 bits per heavy atom. The van der Waals surface area contributed by atoms with E-state index in [-0.39, 0.29) is 18.4 Å². The summed E-state index contributed by atoms with van der Waals surface area (Å²) < 4.78 is 0. The Morgan fingerprint density at radius 2 is 2.10 bits per heavy atom. The number of carbonyl (C=O) groups is 1. The molecule has 58 valence electrons. The maximum absolute atomic E-state index is 10.4. The second-order valence-corrected chi connectivity index (χ2v) is 3.03. The van der Waals surface area contributed by atoms with E-state index in [9.17, 15) is 4.79 Å². The normalized spacial score (nSPS) is 33.7. The lowest BCUT2D eigenvalue weighted by molar-refractivity contribution is -0.114. The van der Waals surface area contributed by atoms with Crippen molar-refractivity contribution in [3.05, 3.63) is 0 Å². The molecule has 2 heteroatoms. The Balaban J connectivity index is 2.41. The summed E-state index contributed by atoms with van der Waals surface area (Å²) in [4.78, 5) is 10.4. The van der Waals surface area contributed by atoms with Crippen molar-refractivity contribution >= 4 is 6.29 Å². The third kappa shape index (κ3) is 1.57. The van der Waals surface area contributed by atoms with Crippen LogP contribution >= 0.6 is 0 Å². The molecule has 1 unspecified atom stereocenters. The number of rotatable bonds is 2. The Labute approximate surface area is 61.2 Å². The lowest BCUT2D eigenvalue weighted by atomic mass is 9.81. The number of aliphatic hydroxyl groups is 1. The quantitative estimate of drug-likeness (QED) is 0.584. The van der Waals surface area contributed by atoms with E-state index in [2.05, 4.69) is 0 Å². The molecule has 0 aromatic heterocycles. The summed E-state index contributed by atoms with van der Waals surface area (Å²) in [6.45, 7) is 0.184. The van der Waals surface area contributed by atoms with Crippen molar-refractivity contribution in [1.29, 1.82) is 0 Å². The zero-order valence-electron chi connectivity index (χ0n) is 6.12. The molecule has 0 radical (unpaired) electrons. The molecule has 0 aliphatic heterocycles. The topological polar surface area (TPSA) is 37.3 Å². The molecule has 0 heterocycles. The van der Waals surface area contributed by atoms with Crippen LogP contribution in [-0.4, -0.2) is 18.0 Å². The van der Waals surface area contributed by atoms with E-state index in [0.29, 0.717) is 0 Å². The van der Waals surface area contributed by atoms with Gasteiger partial charge >= 0.3 is 0 Å². The van der Waals surface area contributed by atoms with Gasteiger partial charge in [0.25, 0.3) is 0 Å². The monoisotopic (exact) mass is 142 g/mol. The minimum Gasteiger partial charge on any atom is -0.396 e. The molecule has 0 spiro atoms. The molecule has 10 heavy (non-hydrogen) atoms. The van der Waals surface area contributed by atoms with Gasteiger partial charge in [0.2, 0.25) is 0 Å². The van der Waals surface area contributed by atoms with Gasteiger partial charge in [0.1, 0.15) is 6.29 Å². The molecule has 2 atom stereocenters. The van der Waals surface area contributed by atoms with Crippen molar-refractivity contribution < 1.29 is 9.90 Å². The largest absolute Gasteiger partial charge is 0.396 e. The number of hydrogen-bond donors (Lipinski definition) is 1. The van der Waals surface area contributed by atoms with Crippen LogP contribution in [0.2, 0.25) is 0 Å². The van der Waals surface area contributed by atoms with Gasteiger partial charge in [-0.25, -0.2) is 0 Å². The smallest absolute Gasteiger partial charge is 0.123 e. The van der Waals surface area contributed by atoms with E-state index < -0.39 is 0 Å². The first kappa shape index (κ1) is 7.73. The van der Waals surface area contributed by atoms with Crippen LogP contribution < -0.4 is 0 Å². The molecular formula is C8H14O2. The lowest BCUT2D eigenvalue weighted by Gasteiger charge is -2.25. The number of hydrogen-bond acceptors (Lipinski definition) is 2.